The van der Waals surface area contributed by atoms with Crippen molar-refractivity contribution < 1.29 is 9.53 Å². The molecule has 0 spiro atoms. The fourth-order valence-electron chi connectivity index (χ4n) is 2.57. The molecule has 30 heavy (non-hydrogen) atoms. The first kappa shape index (κ1) is 21.7. The van der Waals surface area contributed by atoms with Crippen molar-refractivity contribution in [1.29, 1.82) is 5.26 Å². The lowest BCUT2D eigenvalue weighted by atomic mass is 10.1. The second-order valence-corrected chi connectivity index (χ2v) is 7.41. The van der Waals surface area contributed by atoms with Crippen molar-refractivity contribution >= 4 is 52.5 Å². The van der Waals surface area contributed by atoms with E-state index < -0.39 is 5.91 Å². The van der Waals surface area contributed by atoms with Crippen molar-refractivity contribution in [2.24, 2.45) is 0 Å². The van der Waals surface area contributed by atoms with Crippen molar-refractivity contribution in [2.45, 2.75) is 6.61 Å². The van der Waals surface area contributed by atoms with Crippen LogP contribution in [0.3, 0.4) is 0 Å². The lowest BCUT2D eigenvalue weighted by molar-refractivity contribution is -0.112. The third kappa shape index (κ3) is 5.55. The van der Waals surface area contributed by atoms with Crippen LogP contribution in [0.15, 0.2) is 72.3 Å². The molecule has 4 nitrogen and oxygen atoms in total. The number of anilines is 1. The van der Waals surface area contributed by atoms with Crippen LogP contribution in [0.4, 0.5) is 5.69 Å². The first-order chi connectivity index (χ1) is 14.5. The quantitative estimate of drug-likeness (QED) is 0.328. The number of benzene rings is 3. The number of halogens is 3. The summed E-state index contributed by atoms with van der Waals surface area (Å²) in [4.78, 5) is 12.5. The Balaban J connectivity index is 1.74. The lowest BCUT2D eigenvalue weighted by Crippen LogP contribution is -2.14. The maximum atomic E-state index is 12.5. The van der Waals surface area contributed by atoms with Gasteiger partial charge in [-0.25, -0.2) is 0 Å². The number of carbonyl (C=O) groups excluding carboxylic acids is 1. The van der Waals surface area contributed by atoms with Crippen molar-refractivity contribution in [3.63, 3.8) is 0 Å². The number of rotatable bonds is 6. The monoisotopic (exact) mass is 456 g/mol. The molecule has 7 heteroatoms. The highest BCUT2D eigenvalue weighted by molar-refractivity contribution is 6.40. The fraction of sp³-hybridized carbons (Fsp3) is 0.0435. The molecular weight excluding hydrogens is 443 g/mol. The third-order valence-electron chi connectivity index (χ3n) is 4.07. The molecule has 0 atom stereocenters. The third-order valence-corrected chi connectivity index (χ3v) is 5.00. The van der Waals surface area contributed by atoms with Gasteiger partial charge < -0.3 is 10.1 Å². The van der Waals surface area contributed by atoms with E-state index in [4.69, 9.17) is 39.5 Å². The van der Waals surface area contributed by atoms with Crippen LogP contribution in [-0.4, -0.2) is 5.91 Å². The van der Waals surface area contributed by atoms with E-state index in [1.807, 2.05) is 36.4 Å². The molecule has 0 bridgehead atoms. The maximum Gasteiger partial charge on any atom is 0.266 e. The van der Waals surface area contributed by atoms with E-state index in [0.29, 0.717) is 22.9 Å². The van der Waals surface area contributed by atoms with Crippen molar-refractivity contribution in [1.82, 2.24) is 0 Å². The van der Waals surface area contributed by atoms with Crippen molar-refractivity contribution in [2.75, 3.05) is 5.32 Å². The first-order valence-electron chi connectivity index (χ1n) is 8.81. The molecule has 0 aliphatic heterocycles. The van der Waals surface area contributed by atoms with Crippen LogP contribution in [0.5, 0.6) is 5.75 Å². The van der Waals surface area contributed by atoms with Gasteiger partial charge in [-0.3, -0.25) is 4.79 Å². The van der Waals surface area contributed by atoms with E-state index in [2.05, 4.69) is 5.32 Å². The highest BCUT2D eigenvalue weighted by Gasteiger charge is 2.14. The Hall–Kier alpha value is -2.97. The number of nitrogens with one attached hydrogen (secondary N) is 1. The highest BCUT2D eigenvalue weighted by atomic mass is 35.5. The number of hydrogen-bond donors (Lipinski definition) is 1. The van der Waals surface area contributed by atoms with Gasteiger partial charge in [-0.05, 0) is 41.5 Å². The van der Waals surface area contributed by atoms with E-state index in [1.54, 1.807) is 36.4 Å². The van der Waals surface area contributed by atoms with Crippen LogP contribution in [0.2, 0.25) is 15.1 Å². The zero-order valence-corrected chi connectivity index (χ0v) is 17.8. The zero-order chi connectivity index (χ0) is 21.5. The molecule has 0 unspecified atom stereocenters. The molecule has 0 fully saturated rings. The lowest BCUT2D eigenvalue weighted by Gasteiger charge is -2.10. The minimum atomic E-state index is -0.631. The minimum absolute atomic E-state index is 0.125. The summed E-state index contributed by atoms with van der Waals surface area (Å²) in [7, 11) is 0. The zero-order valence-electron chi connectivity index (χ0n) is 15.5. The second-order valence-electron chi connectivity index (χ2n) is 6.18. The molecule has 1 N–H and O–H groups in total. The molecule has 0 radical (unpaired) electrons. The summed E-state index contributed by atoms with van der Waals surface area (Å²) in [6, 6.07) is 21.4. The number of nitrogens with zero attached hydrogens (tertiary/aromatic N) is 1. The van der Waals surface area contributed by atoms with Gasteiger partial charge in [-0.1, -0.05) is 77.3 Å². The average molecular weight is 458 g/mol. The predicted octanol–water partition coefficient (Wildman–Crippen LogP) is 6.77. The Labute approximate surface area is 189 Å². The van der Waals surface area contributed by atoms with Gasteiger partial charge in [0.05, 0.1) is 20.8 Å². The normalized spacial score (nSPS) is 10.9. The molecule has 0 saturated carbocycles. The minimum Gasteiger partial charge on any atom is -0.487 e. The summed E-state index contributed by atoms with van der Waals surface area (Å²) in [6.45, 7) is 0.375. The smallest absolute Gasteiger partial charge is 0.266 e. The van der Waals surface area contributed by atoms with Gasteiger partial charge >= 0.3 is 0 Å². The summed E-state index contributed by atoms with van der Waals surface area (Å²) in [5.74, 6) is -0.128. The van der Waals surface area contributed by atoms with Gasteiger partial charge in [-0.2, -0.15) is 5.26 Å². The second kappa shape index (κ2) is 10.2. The first-order valence-corrected chi connectivity index (χ1v) is 9.95. The molecule has 150 valence electrons. The predicted molar refractivity (Wildman–Crippen MR) is 121 cm³/mol. The maximum absolute atomic E-state index is 12.5. The molecule has 1 amide bonds. The summed E-state index contributed by atoms with van der Waals surface area (Å²) >= 11 is 18.4. The molecule has 0 aromatic heterocycles. The topological polar surface area (TPSA) is 62.1 Å². The van der Waals surface area contributed by atoms with E-state index in [0.717, 1.165) is 5.56 Å². The van der Waals surface area contributed by atoms with E-state index in [9.17, 15) is 10.1 Å². The van der Waals surface area contributed by atoms with Gasteiger partial charge in [0, 0.05) is 0 Å². The number of ether oxygens (including phenoxy) is 1. The van der Waals surface area contributed by atoms with Crippen molar-refractivity contribution in [3.05, 3.63) is 98.5 Å². The van der Waals surface area contributed by atoms with E-state index >= 15 is 0 Å². The van der Waals surface area contributed by atoms with Crippen LogP contribution < -0.4 is 10.1 Å². The molecule has 0 aliphatic rings. The van der Waals surface area contributed by atoms with Gasteiger partial charge in [0.1, 0.15) is 24.0 Å². The van der Waals surface area contributed by atoms with Crippen LogP contribution in [0.25, 0.3) is 6.08 Å². The van der Waals surface area contributed by atoms with Crippen LogP contribution in [-0.2, 0) is 11.4 Å². The Bertz CT molecular complexity index is 1120. The standard InChI is InChI=1S/C23H15Cl3N2O2/c24-18-7-4-8-19(25)22(18)28-23(29)17(13-27)11-16-9-10-21(20(26)12-16)30-14-15-5-2-1-3-6-15/h1-12H,14H2,(H,28,29)/b17-11+. The number of para-hydroxylation sites is 1. The Kier molecular flexibility index (Phi) is 7.37. The summed E-state index contributed by atoms with van der Waals surface area (Å²) in [6.07, 6.45) is 1.42. The van der Waals surface area contributed by atoms with E-state index in [1.165, 1.54) is 6.08 Å². The largest absolute Gasteiger partial charge is 0.487 e. The van der Waals surface area contributed by atoms with E-state index in [-0.39, 0.29) is 21.3 Å². The Morgan fingerprint density at radius 1 is 0.967 bits per heavy atom. The summed E-state index contributed by atoms with van der Waals surface area (Å²) in [5, 5.41) is 12.9. The number of nitriles is 1. The van der Waals surface area contributed by atoms with Crippen molar-refractivity contribution in [3.8, 4) is 11.8 Å². The molecule has 3 aromatic rings. The molecule has 0 aliphatic carbocycles. The number of amides is 1. The Morgan fingerprint density at radius 3 is 2.30 bits per heavy atom. The summed E-state index contributed by atoms with van der Waals surface area (Å²) < 4.78 is 5.74. The fourth-order valence-corrected chi connectivity index (χ4v) is 3.31. The SMILES string of the molecule is N#C/C(=C\c1ccc(OCc2ccccc2)c(Cl)c1)C(=O)Nc1c(Cl)cccc1Cl. The molecule has 0 saturated heterocycles. The van der Waals surface area contributed by atoms with Crippen LogP contribution in [0.1, 0.15) is 11.1 Å². The highest BCUT2D eigenvalue weighted by Crippen LogP contribution is 2.31. The summed E-state index contributed by atoms with van der Waals surface area (Å²) in [5.41, 5.74) is 1.71. The number of hydrogen-bond acceptors (Lipinski definition) is 3. The Morgan fingerprint density at radius 2 is 1.67 bits per heavy atom. The molecule has 3 rings (SSSR count). The van der Waals surface area contributed by atoms with Crippen LogP contribution in [0, 0.1) is 11.3 Å². The average Bonchev–Trinajstić information content (AvgIpc) is 2.74. The molecule has 3 aromatic carbocycles. The number of carbonyl (C=O) groups is 1. The molecular formula is C23H15Cl3N2O2. The van der Waals surface area contributed by atoms with Gasteiger partial charge in [0.25, 0.3) is 5.91 Å². The van der Waals surface area contributed by atoms with Gasteiger partial charge in [0.2, 0.25) is 0 Å². The molecule has 0 heterocycles. The van der Waals surface area contributed by atoms with Gasteiger partial charge in [-0.15, -0.1) is 0 Å². The van der Waals surface area contributed by atoms with Gasteiger partial charge in [0.15, 0.2) is 0 Å². The van der Waals surface area contributed by atoms with Crippen LogP contribution >= 0.6 is 34.8 Å².